The van der Waals surface area contributed by atoms with Crippen LogP contribution in [0.15, 0.2) is 0 Å². The lowest BCUT2D eigenvalue weighted by Gasteiger charge is -2.43. The number of hydrogen-bond acceptors (Lipinski definition) is 2. The summed E-state index contributed by atoms with van der Waals surface area (Å²) in [4.78, 5) is 0. The summed E-state index contributed by atoms with van der Waals surface area (Å²) >= 11 is 0. The molecule has 0 radical (unpaired) electrons. The van der Waals surface area contributed by atoms with Crippen molar-refractivity contribution in [3.63, 3.8) is 0 Å². The molecule has 0 amide bonds. The van der Waals surface area contributed by atoms with Crippen molar-refractivity contribution in [2.24, 2.45) is 17.6 Å². The van der Waals surface area contributed by atoms with E-state index in [0.29, 0.717) is 12.0 Å². The van der Waals surface area contributed by atoms with E-state index in [9.17, 15) is 5.11 Å². The van der Waals surface area contributed by atoms with E-state index in [4.69, 9.17) is 5.73 Å². The number of aliphatic hydroxyl groups is 1. The van der Waals surface area contributed by atoms with E-state index in [1.54, 1.807) is 0 Å². The molecule has 4 atom stereocenters. The highest BCUT2D eigenvalue weighted by atomic mass is 16.3. The Morgan fingerprint density at radius 1 is 1.20 bits per heavy atom. The number of fused-ring (bicyclic) bond motifs is 3. The second-order valence-corrected chi connectivity index (χ2v) is 3.81. The third-order valence-electron chi connectivity index (χ3n) is 3.13. The molecular formula is C8H15NO. The maximum Gasteiger partial charge on any atom is 0.0585 e. The third-order valence-corrected chi connectivity index (χ3v) is 3.13. The molecule has 0 saturated heterocycles. The van der Waals surface area contributed by atoms with Gasteiger partial charge in [0.2, 0.25) is 0 Å². The fourth-order valence-electron chi connectivity index (χ4n) is 2.53. The second kappa shape index (κ2) is 2.21. The Balaban J connectivity index is 2.11. The van der Waals surface area contributed by atoms with Crippen molar-refractivity contribution in [2.75, 3.05) is 0 Å². The zero-order valence-electron chi connectivity index (χ0n) is 6.16. The first-order valence-electron chi connectivity index (χ1n) is 4.21. The van der Waals surface area contributed by atoms with E-state index in [1.807, 2.05) is 0 Å². The third kappa shape index (κ3) is 0.867. The summed E-state index contributed by atoms with van der Waals surface area (Å²) < 4.78 is 0. The first-order chi connectivity index (χ1) is 4.77. The molecule has 4 unspecified atom stereocenters. The van der Waals surface area contributed by atoms with E-state index in [2.05, 4.69) is 0 Å². The minimum absolute atomic E-state index is 0.0810. The van der Waals surface area contributed by atoms with Gasteiger partial charge < -0.3 is 10.8 Å². The van der Waals surface area contributed by atoms with Crippen molar-refractivity contribution in [3.05, 3.63) is 0 Å². The van der Waals surface area contributed by atoms with Crippen LogP contribution in [0.5, 0.6) is 0 Å². The van der Waals surface area contributed by atoms with Gasteiger partial charge in [-0.25, -0.2) is 0 Å². The molecule has 0 aromatic carbocycles. The molecule has 3 rings (SSSR count). The summed E-state index contributed by atoms with van der Waals surface area (Å²) in [6.07, 6.45) is 4.55. The van der Waals surface area contributed by atoms with Crippen LogP contribution < -0.4 is 5.73 Å². The van der Waals surface area contributed by atoms with Gasteiger partial charge in [-0.3, -0.25) is 0 Å². The number of nitrogens with two attached hydrogens (primary N) is 1. The summed E-state index contributed by atoms with van der Waals surface area (Å²) in [7, 11) is 0. The summed E-state index contributed by atoms with van der Waals surface area (Å²) in [6.45, 7) is 0. The normalized spacial score (nSPS) is 53.4. The lowest BCUT2D eigenvalue weighted by Crippen LogP contribution is -2.48. The monoisotopic (exact) mass is 141 g/mol. The van der Waals surface area contributed by atoms with E-state index in [1.165, 1.54) is 6.42 Å². The average molecular weight is 141 g/mol. The molecule has 2 nitrogen and oxygen atoms in total. The summed E-state index contributed by atoms with van der Waals surface area (Å²) in [5.41, 5.74) is 5.85. The molecule has 2 heteroatoms. The fourth-order valence-corrected chi connectivity index (χ4v) is 2.53. The van der Waals surface area contributed by atoms with E-state index in [0.717, 1.165) is 25.2 Å². The molecule has 0 aromatic heterocycles. The highest BCUT2D eigenvalue weighted by Crippen LogP contribution is 2.40. The molecule has 58 valence electrons. The predicted molar refractivity (Wildman–Crippen MR) is 39.4 cm³/mol. The van der Waals surface area contributed by atoms with Crippen LogP contribution in [0.2, 0.25) is 0 Å². The molecule has 3 aliphatic carbocycles. The van der Waals surface area contributed by atoms with Crippen LogP contribution in [0.1, 0.15) is 25.7 Å². The van der Waals surface area contributed by atoms with E-state index >= 15 is 0 Å². The van der Waals surface area contributed by atoms with Crippen molar-refractivity contribution < 1.29 is 5.11 Å². The minimum Gasteiger partial charge on any atom is -0.393 e. The van der Waals surface area contributed by atoms with Crippen molar-refractivity contribution >= 4 is 0 Å². The van der Waals surface area contributed by atoms with Gasteiger partial charge in [-0.2, -0.15) is 0 Å². The lowest BCUT2D eigenvalue weighted by molar-refractivity contribution is -0.0104. The Labute approximate surface area is 61.4 Å². The Hall–Kier alpha value is -0.0800. The first kappa shape index (κ1) is 6.62. The molecule has 0 aromatic rings. The molecule has 3 N–H and O–H groups in total. The van der Waals surface area contributed by atoms with Crippen LogP contribution in [0.3, 0.4) is 0 Å². The molecule has 3 fully saturated rings. The van der Waals surface area contributed by atoms with Crippen molar-refractivity contribution in [2.45, 2.75) is 37.8 Å². The first-order valence-corrected chi connectivity index (χ1v) is 4.21. The highest BCUT2D eigenvalue weighted by molar-refractivity contribution is 4.93. The van der Waals surface area contributed by atoms with Crippen LogP contribution in [0.4, 0.5) is 0 Å². The van der Waals surface area contributed by atoms with E-state index < -0.39 is 0 Å². The smallest absolute Gasteiger partial charge is 0.0585 e. The van der Waals surface area contributed by atoms with Gasteiger partial charge in [0.15, 0.2) is 0 Å². The predicted octanol–water partition coefficient (Wildman–Crippen LogP) is 0.495. The van der Waals surface area contributed by atoms with Crippen LogP contribution in [0, 0.1) is 11.8 Å². The van der Waals surface area contributed by atoms with E-state index in [-0.39, 0.29) is 6.10 Å². The largest absolute Gasteiger partial charge is 0.393 e. The Morgan fingerprint density at radius 3 is 2.40 bits per heavy atom. The van der Waals surface area contributed by atoms with Crippen LogP contribution in [0.25, 0.3) is 0 Å². The molecular weight excluding hydrogens is 126 g/mol. The lowest BCUT2D eigenvalue weighted by atomic mass is 9.66. The summed E-state index contributed by atoms with van der Waals surface area (Å²) in [5.74, 6) is 1.15. The highest BCUT2D eigenvalue weighted by Gasteiger charge is 2.39. The molecule has 3 saturated carbocycles. The SMILES string of the molecule is NC1CC2CCC1C(O)C2. The van der Waals surface area contributed by atoms with Gasteiger partial charge in [0, 0.05) is 6.04 Å². The van der Waals surface area contributed by atoms with Gasteiger partial charge in [0.25, 0.3) is 0 Å². The van der Waals surface area contributed by atoms with Crippen LogP contribution >= 0.6 is 0 Å². The van der Waals surface area contributed by atoms with Crippen molar-refractivity contribution in [1.29, 1.82) is 0 Å². The number of aliphatic hydroxyl groups excluding tert-OH is 1. The maximum atomic E-state index is 9.49. The molecule has 0 heterocycles. The number of hydrogen-bond donors (Lipinski definition) is 2. The van der Waals surface area contributed by atoms with Gasteiger partial charge in [0.05, 0.1) is 6.10 Å². The van der Waals surface area contributed by atoms with Gasteiger partial charge >= 0.3 is 0 Å². The van der Waals surface area contributed by atoms with Gasteiger partial charge in [0.1, 0.15) is 0 Å². The molecule has 0 spiro atoms. The maximum absolute atomic E-state index is 9.49. The summed E-state index contributed by atoms with van der Waals surface area (Å²) in [6, 6.07) is 0.294. The Kier molecular flexibility index (Phi) is 1.46. The standard InChI is InChI=1S/C8H15NO/c9-7-3-5-1-2-6(7)8(10)4-5/h5-8,10H,1-4,9H2. The topological polar surface area (TPSA) is 46.2 Å². The van der Waals surface area contributed by atoms with Crippen LogP contribution in [-0.2, 0) is 0 Å². The quantitative estimate of drug-likeness (QED) is 0.516. The molecule has 3 aliphatic rings. The zero-order chi connectivity index (χ0) is 7.14. The Morgan fingerprint density at radius 2 is 2.00 bits per heavy atom. The van der Waals surface area contributed by atoms with Crippen LogP contribution in [-0.4, -0.2) is 17.3 Å². The molecule has 0 aliphatic heterocycles. The van der Waals surface area contributed by atoms with Crippen molar-refractivity contribution in [3.8, 4) is 0 Å². The Bertz CT molecular complexity index is 125. The van der Waals surface area contributed by atoms with Gasteiger partial charge in [-0.05, 0) is 37.5 Å². The van der Waals surface area contributed by atoms with Crippen molar-refractivity contribution in [1.82, 2.24) is 0 Å². The zero-order valence-corrected chi connectivity index (χ0v) is 6.16. The fraction of sp³-hybridized carbons (Fsp3) is 1.00. The number of rotatable bonds is 0. The minimum atomic E-state index is -0.0810. The van der Waals surface area contributed by atoms with Gasteiger partial charge in [-0.1, -0.05) is 0 Å². The molecule has 2 bridgehead atoms. The average Bonchev–Trinajstić information content (AvgIpc) is 1.86. The second-order valence-electron chi connectivity index (χ2n) is 3.81. The summed E-state index contributed by atoms with van der Waals surface area (Å²) in [5, 5.41) is 9.49. The van der Waals surface area contributed by atoms with Gasteiger partial charge in [-0.15, -0.1) is 0 Å². The molecule has 10 heavy (non-hydrogen) atoms.